The van der Waals surface area contributed by atoms with E-state index < -0.39 is 9.84 Å². The molecule has 108 valence electrons. The molecule has 3 nitrogen and oxygen atoms in total. The first kappa shape index (κ1) is 16.2. The average molecular weight is 283 g/mol. The number of aryl methyl sites for hydroxylation is 3. The zero-order chi connectivity index (χ0) is 14.6. The topological polar surface area (TPSA) is 46.2 Å². The second-order valence-electron chi connectivity index (χ2n) is 5.41. The summed E-state index contributed by atoms with van der Waals surface area (Å²) in [4.78, 5) is 0. The molecule has 1 unspecified atom stereocenters. The number of benzene rings is 1. The first-order valence-corrected chi connectivity index (χ1v) is 8.79. The lowest BCUT2D eigenvalue weighted by Crippen LogP contribution is -2.29. The first-order valence-electron chi connectivity index (χ1n) is 6.73. The van der Waals surface area contributed by atoms with E-state index in [1.165, 1.54) is 11.8 Å². The van der Waals surface area contributed by atoms with Crippen LogP contribution in [0.2, 0.25) is 0 Å². The Balaban J connectivity index is 3.17. The predicted molar refractivity (Wildman–Crippen MR) is 81.4 cm³/mol. The third-order valence-corrected chi connectivity index (χ3v) is 4.14. The highest BCUT2D eigenvalue weighted by atomic mass is 32.2. The third-order valence-electron chi connectivity index (χ3n) is 3.20. The van der Waals surface area contributed by atoms with E-state index in [0.717, 1.165) is 29.7 Å². The summed E-state index contributed by atoms with van der Waals surface area (Å²) in [6, 6.07) is 4.12. The van der Waals surface area contributed by atoms with Crippen LogP contribution in [0, 0.1) is 20.8 Å². The fourth-order valence-corrected chi connectivity index (χ4v) is 3.50. The van der Waals surface area contributed by atoms with Crippen molar-refractivity contribution in [1.29, 1.82) is 0 Å². The van der Waals surface area contributed by atoms with Crippen molar-refractivity contribution < 1.29 is 8.42 Å². The predicted octanol–water partition coefficient (Wildman–Crippen LogP) is 2.70. The zero-order valence-corrected chi connectivity index (χ0v) is 13.4. The Labute approximate surface area is 117 Å². The maximum atomic E-state index is 11.6. The van der Waals surface area contributed by atoms with E-state index in [-0.39, 0.29) is 11.8 Å². The SMILES string of the molecule is CCCNC(CS(C)(=O)=O)c1c(C)cc(C)cc1C. The number of nitrogens with one attached hydrogen (secondary N) is 1. The summed E-state index contributed by atoms with van der Waals surface area (Å²) in [7, 11) is -3.01. The summed E-state index contributed by atoms with van der Waals surface area (Å²) in [5, 5.41) is 3.36. The van der Waals surface area contributed by atoms with Crippen LogP contribution in [-0.2, 0) is 9.84 Å². The molecule has 1 atom stereocenters. The molecule has 0 saturated heterocycles. The number of rotatable bonds is 6. The second-order valence-corrected chi connectivity index (χ2v) is 7.60. The normalized spacial score (nSPS) is 13.5. The van der Waals surface area contributed by atoms with Crippen molar-refractivity contribution in [2.75, 3.05) is 18.6 Å². The Bertz CT molecular complexity index is 512. The Morgan fingerprint density at radius 1 is 1.16 bits per heavy atom. The maximum absolute atomic E-state index is 11.6. The van der Waals surface area contributed by atoms with Gasteiger partial charge in [0.15, 0.2) is 0 Å². The summed E-state index contributed by atoms with van der Waals surface area (Å²) in [6.45, 7) is 9.08. The van der Waals surface area contributed by atoms with Gasteiger partial charge in [-0.3, -0.25) is 0 Å². The average Bonchev–Trinajstić information content (AvgIpc) is 2.22. The summed E-state index contributed by atoms with van der Waals surface area (Å²) in [5.74, 6) is 0.151. The molecule has 1 aromatic rings. The van der Waals surface area contributed by atoms with E-state index in [4.69, 9.17) is 0 Å². The Morgan fingerprint density at radius 3 is 2.11 bits per heavy atom. The van der Waals surface area contributed by atoms with Crippen molar-refractivity contribution in [3.63, 3.8) is 0 Å². The van der Waals surface area contributed by atoms with E-state index in [1.807, 2.05) is 0 Å². The van der Waals surface area contributed by atoms with Gasteiger partial charge in [0.1, 0.15) is 9.84 Å². The lowest BCUT2D eigenvalue weighted by Gasteiger charge is -2.23. The van der Waals surface area contributed by atoms with Gasteiger partial charge in [0.2, 0.25) is 0 Å². The summed E-state index contributed by atoms with van der Waals surface area (Å²) < 4.78 is 23.3. The van der Waals surface area contributed by atoms with E-state index in [9.17, 15) is 8.42 Å². The molecule has 4 heteroatoms. The lowest BCUT2D eigenvalue weighted by atomic mass is 9.95. The van der Waals surface area contributed by atoms with Gasteiger partial charge in [0.05, 0.1) is 5.75 Å². The van der Waals surface area contributed by atoms with Gasteiger partial charge in [0.25, 0.3) is 0 Å². The van der Waals surface area contributed by atoms with Crippen LogP contribution in [0.5, 0.6) is 0 Å². The maximum Gasteiger partial charge on any atom is 0.149 e. The highest BCUT2D eigenvalue weighted by Gasteiger charge is 2.20. The smallest absolute Gasteiger partial charge is 0.149 e. The minimum absolute atomic E-state index is 0.115. The molecule has 0 spiro atoms. The van der Waals surface area contributed by atoms with E-state index in [1.54, 1.807) is 0 Å². The van der Waals surface area contributed by atoms with Crippen molar-refractivity contribution in [3.8, 4) is 0 Å². The van der Waals surface area contributed by atoms with Crippen LogP contribution in [0.3, 0.4) is 0 Å². The van der Waals surface area contributed by atoms with Gasteiger partial charge in [-0.1, -0.05) is 24.6 Å². The highest BCUT2D eigenvalue weighted by molar-refractivity contribution is 7.90. The summed E-state index contributed by atoms with van der Waals surface area (Å²) in [5.41, 5.74) is 4.67. The van der Waals surface area contributed by atoms with E-state index in [2.05, 4.69) is 45.1 Å². The zero-order valence-electron chi connectivity index (χ0n) is 12.6. The van der Waals surface area contributed by atoms with Crippen LogP contribution in [0.4, 0.5) is 0 Å². The molecule has 1 aromatic carbocycles. The molecular formula is C15H25NO2S. The van der Waals surface area contributed by atoms with Crippen LogP contribution in [0.1, 0.15) is 41.6 Å². The molecule has 0 fully saturated rings. The van der Waals surface area contributed by atoms with E-state index >= 15 is 0 Å². The number of sulfone groups is 1. The van der Waals surface area contributed by atoms with Gasteiger partial charge >= 0.3 is 0 Å². The van der Waals surface area contributed by atoms with Gasteiger partial charge < -0.3 is 5.32 Å². The van der Waals surface area contributed by atoms with Crippen LogP contribution in [0.25, 0.3) is 0 Å². The molecule has 19 heavy (non-hydrogen) atoms. The number of hydrogen-bond acceptors (Lipinski definition) is 3. The molecule has 1 N–H and O–H groups in total. The van der Waals surface area contributed by atoms with Crippen LogP contribution >= 0.6 is 0 Å². The molecule has 0 aromatic heterocycles. The minimum Gasteiger partial charge on any atom is -0.309 e. The summed E-state index contributed by atoms with van der Waals surface area (Å²) in [6.07, 6.45) is 2.29. The molecule has 0 bridgehead atoms. The molecule has 1 rings (SSSR count). The molecule has 0 radical (unpaired) electrons. The van der Waals surface area contributed by atoms with Gasteiger partial charge in [-0.15, -0.1) is 0 Å². The Kier molecular flexibility index (Phi) is 5.56. The standard InChI is InChI=1S/C15H25NO2S/c1-6-7-16-14(10-19(5,17)18)15-12(3)8-11(2)9-13(15)4/h8-9,14,16H,6-7,10H2,1-5H3. The van der Waals surface area contributed by atoms with Crippen molar-refractivity contribution in [2.45, 2.75) is 40.2 Å². The van der Waals surface area contributed by atoms with Crippen molar-refractivity contribution >= 4 is 9.84 Å². The third kappa shape index (κ3) is 4.96. The summed E-state index contributed by atoms with van der Waals surface area (Å²) >= 11 is 0. The van der Waals surface area contributed by atoms with Crippen LogP contribution in [0.15, 0.2) is 12.1 Å². The minimum atomic E-state index is -3.01. The monoisotopic (exact) mass is 283 g/mol. The second kappa shape index (κ2) is 6.53. The Morgan fingerprint density at radius 2 is 1.68 bits per heavy atom. The molecule has 0 heterocycles. The largest absolute Gasteiger partial charge is 0.309 e. The number of hydrogen-bond donors (Lipinski definition) is 1. The molecule has 0 aliphatic heterocycles. The van der Waals surface area contributed by atoms with E-state index in [0.29, 0.717) is 0 Å². The van der Waals surface area contributed by atoms with Crippen LogP contribution in [-0.4, -0.2) is 27.0 Å². The molecular weight excluding hydrogens is 258 g/mol. The highest BCUT2D eigenvalue weighted by Crippen LogP contribution is 2.24. The van der Waals surface area contributed by atoms with Gasteiger partial charge in [-0.25, -0.2) is 8.42 Å². The Hall–Kier alpha value is -0.870. The van der Waals surface area contributed by atoms with Gasteiger partial charge in [-0.05, 0) is 50.4 Å². The quantitative estimate of drug-likeness (QED) is 0.873. The lowest BCUT2D eigenvalue weighted by molar-refractivity contribution is 0.546. The molecule has 0 saturated carbocycles. The van der Waals surface area contributed by atoms with Crippen LogP contribution < -0.4 is 5.32 Å². The van der Waals surface area contributed by atoms with Gasteiger partial charge in [-0.2, -0.15) is 0 Å². The van der Waals surface area contributed by atoms with Crippen molar-refractivity contribution in [2.24, 2.45) is 0 Å². The first-order chi connectivity index (χ1) is 8.74. The molecule has 0 amide bonds. The fourth-order valence-electron chi connectivity index (χ4n) is 2.61. The van der Waals surface area contributed by atoms with Crippen molar-refractivity contribution in [1.82, 2.24) is 5.32 Å². The van der Waals surface area contributed by atoms with Crippen molar-refractivity contribution in [3.05, 3.63) is 34.4 Å². The molecule has 0 aliphatic rings. The fraction of sp³-hybridized carbons (Fsp3) is 0.600. The van der Waals surface area contributed by atoms with Gasteiger partial charge in [0, 0.05) is 12.3 Å². The molecule has 0 aliphatic carbocycles.